The van der Waals surface area contributed by atoms with Crippen LogP contribution in [0.5, 0.6) is 0 Å². The summed E-state index contributed by atoms with van der Waals surface area (Å²) in [5.74, 6) is -0.836. The number of alkyl halides is 3. The first-order valence-electron chi connectivity index (χ1n) is 12.1. The van der Waals surface area contributed by atoms with Gasteiger partial charge in [0.05, 0.1) is 22.6 Å². The lowest BCUT2D eigenvalue weighted by Gasteiger charge is -2.24. The van der Waals surface area contributed by atoms with Gasteiger partial charge in [-0.3, -0.25) is 4.79 Å². The lowest BCUT2D eigenvalue weighted by molar-refractivity contribution is -0.137. The van der Waals surface area contributed by atoms with Crippen molar-refractivity contribution < 1.29 is 22.4 Å². The van der Waals surface area contributed by atoms with Crippen LogP contribution in [-0.2, 0) is 18.0 Å². The molecule has 2 aromatic heterocycles. The van der Waals surface area contributed by atoms with E-state index in [1.807, 2.05) is 30.9 Å². The molecule has 0 saturated heterocycles. The number of fused-ring (bicyclic) bond motifs is 1. The third-order valence-electron chi connectivity index (χ3n) is 6.16. The van der Waals surface area contributed by atoms with E-state index in [-0.39, 0.29) is 23.1 Å². The Kier molecular flexibility index (Phi) is 7.77. The van der Waals surface area contributed by atoms with Crippen LogP contribution in [0.1, 0.15) is 12.5 Å². The van der Waals surface area contributed by atoms with Crippen molar-refractivity contribution in [3.05, 3.63) is 60.2 Å². The molecule has 0 spiro atoms. The number of carbonyl (C=O) groups is 1. The number of nitrogens with zero attached hydrogens (tertiary/aromatic N) is 5. The second kappa shape index (κ2) is 10.9. The molecule has 39 heavy (non-hydrogen) atoms. The summed E-state index contributed by atoms with van der Waals surface area (Å²) in [6.07, 6.45) is -2.50. The number of benzene rings is 2. The molecule has 8 nitrogen and oxygen atoms in total. The number of aromatic nitrogens is 3. The van der Waals surface area contributed by atoms with Gasteiger partial charge in [0.1, 0.15) is 11.4 Å². The fourth-order valence-electron chi connectivity index (χ4n) is 4.24. The van der Waals surface area contributed by atoms with Crippen LogP contribution in [-0.4, -0.2) is 59.6 Å². The molecule has 0 aliphatic carbocycles. The van der Waals surface area contributed by atoms with E-state index in [1.165, 1.54) is 31.3 Å². The van der Waals surface area contributed by atoms with Crippen molar-refractivity contribution in [2.75, 3.05) is 49.8 Å². The largest absolute Gasteiger partial charge is 0.419 e. The molecular formula is C27H29F4N7O. The Morgan fingerprint density at radius 1 is 1.08 bits per heavy atom. The van der Waals surface area contributed by atoms with Gasteiger partial charge in [-0.15, -0.1) is 0 Å². The van der Waals surface area contributed by atoms with Crippen molar-refractivity contribution in [1.82, 2.24) is 19.4 Å². The van der Waals surface area contributed by atoms with Crippen LogP contribution in [0.15, 0.2) is 48.8 Å². The van der Waals surface area contributed by atoms with Crippen molar-refractivity contribution in [1.29, 1.82) is 0 Å². The standard InChI is InChI=1S/C27H29F4N7O/c1-16(39)33-22-13-18(7-9-23(22)37(4)11-10-36(2)3)34-26-32-14-21(27(29,30)31)25(35-26)20-15-38(5)24-12-17(28)6-8-19(20)24/h6-9,12-15H,10-11H2,1-5H3,(H,33,39)(H,32,34,35). The minimum absolute atomic E-state index is 0.0698. The molecule has 0 radical (unpaired) electrons. The summed E-state index contributed by atoms with van der Waals surface area (Å²) in [4.78, 5) is 24.0. The molecule has 1 amide bonds. The first-order valence-corrected chi connectivity index (χ1v) is 12.1. The molecule has 2 heterocycles. The molecule has 2 aromatic carbocycles. The number of hydrogen-bond donors (Lipinski definition) is 2. The molecule has 0 aliphatic heterocycles. The number of nitrogens with one attached hydrogen (secondary N) is 2. The van der Waals surface area contributed by atoms with E-state index < -0.39 is 17.6 Å². The number of rotatable bonds is 8. The topological polar surface area (TPSA) is 78.3 Å². The van der Waals surface area contributed by atoms with Crippen LogP contribution >= 0.6 is 0 Å². The molecule has 0 bridgehead atoms. The number of carbonyl (C=O) groups excluding carboxylic acids is 1. The minimum Gasteiger partial charge on any atom is -0.372 e. The minimum atomic E-state index is -4.71. The van der Waals surface area contributed by atoms with Gasteiger partial charge in [0.15, 0.2) is 0 Å². The second-order valence-electron chi connectivity index (χ2n) is 9.53. The molecule has 0 aliphatic rings. The van der Waals surface area contributed by atoms with Gasteiger partial charge in [0.25, 0.3) is 0 Å². The Morgan fingerprint density at radius 2 is 1.82 bits per heavy atom. The zero-order valence-corrected chi connectivity index (χ0v) is 22.2. The molecule has 206 valence electrons. The van der Waals surface area contributed by atoms with E-state index in [4.69, 9.17) is 0 Å². The predicted molar refractivity (Wildman–Crippen MR) is 145 cm³/mol. The highest BCUT2D eigenvalue weighted by Gasteiger charge is 2.36. The fourth-order valence-corrected chi connectivity index (χ4v) is 4.24. The Bertz CT molecular complexity index is 1510. The predicted octanol–water partition coefficient (Wildman–Crippen LogP) is 5.49. The van der Waals surface area contributed by atoms with Crippen molar-refractivity contribution in [3.8, 4) is 11.3 Å². The number of hydrogen-bond acceptors (Lipinski definition) is 6. The van der Waals surface area contributed by atoms with Crippen LogP contribution in [0.4, 0.5) is 40.6 Å². The average Bonchev–Trinajstić information content (AvgIpc) is 3.17. The smallest absolute Gasteiger partial charge is 0.372 e. The van der Waals surface area contributed by atoms with E-state index in [1.54, 1.807) is 29.8 Å². The molecule has 4 aromatic rings. The maximum absolute atomic E-state index is 14.0. The quantitative estimate of drug-likeness (QED) is 0.286. The Balaban J connectivity index is 1.74. The van der Waals surface area contributed by atoms with Crippen LogP contribution in [0, 0.1) is 5.82 Å². The van der Waals surface area contributed by atoms with Crippen LogP contribution in [0.25, 0.3) is 22.2 Å². The number of anilines is 4. The molecule has 0 unspecified atom stereocenters. The van der Waals surface area contributed by atoms with E-state index in [0.717, 1.165) is 18.4 Å². The van der Waals surface area contributed by atoms with Crippen LogP contribution < -0.4 is 15.5 Å². The molecule has 0 fully saturated rings. The zero-order chi connectivity index (χ0) is 28.5. The van der Waals surface area contributed by atoms with Crippen LogP contribution in [0.3, 0.4) is 0 Å². The van der Waals surface area contributed by atoms with Gasteiger partial charge in [-0.05, 0) is 50.5 Å². The summed E-state index contributed by atoms with van der Waals surface area (Å²) in [6.45, 7) is 2.89. The fraction of sp³-hybridized carbons (Fsp3) is 0.296. The molecule has 0 saturated carbocycles. The average molecular weight is 544 g/mol. The second-order valence-corrected chi connectivity index (χ2v) is 9.53. The monoisotopic (exact) mass is 543 g/mol. The van der Waals surface area contributed by atoms with Gasteiger partial charge in [-0.1, -0.05) is 0 Å². The van der Waals surface area contributed by atoms with Crippen molar-refractivity contribution in [2.45, 2.75) is 13.1 Å². The Labute approximate surface area is 223 Å². The normalized spacial score (nSPS) is 11.7. The Morgan fingerprint density at radius 3 is 2.49 bits per heavy atom. The summed E-state index contributed by atoms with van der Waals surface area (Å²) in [7, 11) is 7.45. The van der Waals surface area contributed by atoms with Crippen molar-refractivity contribution in [2.24, 2.45) is 7.05 Å². The zero-order valence-electron chi connectivity index (χ0n) is 22.2. The molecule has 12 heteroatoms. The molecule has 4 rings (SSSR count). The third kappa shape index (κ3) is 6.28. The summed E-state index contributed by atoms with van der Waals surface area (Å²) < 4.78 is 57.2. The molecule has 2 N–H and O–H groups in total. The van der Waals surface area contributed by atoms with Crippen molar-refractivity contribution in [3.63, 3.8) is 0 Å². The lowest BCUT2D eigenvalue weighted by atomic mass is 10.1. The lowest BCUT2D eigenvalue weighted by Crippen LogP contribution is -2.29. The Hall–Kier alpha value is -4.19. The van der Waals surface area contributed by atoms with Gasteiger partial charge in [0, 0.05) is 63.1 Å². The first-order chi connectivity index (χ1) is 18.3. The molecule has 0 atom stereocenters. The number of likely N-dealkylation sites (N-methyl/N-ethyl adjacent to an activating group) is 2. The summed E-state index contributed by atoms with van der Waals surface area (Å²) in [5, 5.41) is 6.18. The van der Waals surface area contributed by atoms with Gasteiger partial charge >= 0.3 is 6.18 Å². The highest BCUT2D eigenvalue weighted by Crippen LogP contribution is 2.39. The highest BCUT2D eigenvalue weighted by molar-refractivity contribution is 5.96. The maximum atomic E-state index is 14.0. The van der Waals surface area contributed by atoms with E-state index in [2.05, 4.69) is 20.6 Å². The van der Waals surface area contributed by atoms with E-state index >= 15 is 0 Å². The number of amides is 1. The van der Waals surface area contributed by atoms with Gasteiger partial charge < -0.3 is 25.0 Å². The van der Waals surface area contributed by atoms with Gasteiger partial charge in [-0.2, -0.15) is 13.2 Å². The number of aryl methyl sites for hydroxylation is 1. The summed E-state index contributed by atoms with van der Waals surface area (Å²) in [5.41, 5.74) is 1.05. The van der Waals surface area contributed by atoms with Gasteiger partial charge in [0.2, 0.25) is 11.9 Å². The van der Waals surface area contributed by atoms with Crippen molar-refractivity contribution >= 4 is 39.8 Å². The van der Waals surface area contributed by atoms with E-state index in [9.17, 15) is 22.4 Å². The number of halogens is 4. The summed E-state index contributed by atoms with van der Waals surface area (Å²) in [6, 6.07) is 9.08. The first kappa shape index (κ1) is 27.8. The van der Waals surface area contributed by atoms with E-state index in [0.29, 0.717) is 28.8 Å². The third-order valence-corrected chi connectivity index (χ3v) is 6.16. The molecular weight excluding hydrogens is 514 g/mol. The summed E-state index contributed by atoms with van der Waals surface area (Å²) >= 11 is 0. The van der Waals surface area contributed by atoms with Gasteiger partial charge in [-0.25, -0.2) is 14.4 Å². The van der Waals surface area contributed by atoms with Crippen LogP contribution in [0.2, 0.25) is 0 Å². The maximum Gasteiger partial charge on any atom is 0.419 e. The SMILES string of the molecule is CC(=O)Nc1cc(Nc2ncc(C(F)(F)F)c(-c3cn(C)c4cc(F)ccc34)n2)ccc1N(C)CCN(C)C. The highest BCUT2D eigenvalue weighted by atomic mass is 19.4.